The maximum Gasteiger partial charge on any atom is 0.334 e. The van der Waals surface area contributed by atoms with E-state index in [1.807, 2.05) is 0 Å². The largest absolute Gasteiger partial charge is 0.479 e. The predicted octanol–water partition coefficient (Wildman–Crippen LogP) is 1.43. The molecule has 88 valence electrons. The molecule has 0 aliphatic heterocycles. The highest BCUT2D eigenvalue weighted by molar-refractivity contribution is 5.80. The molecule has 2 heterocycles. The van der Waals surface area contributed by atoms with Crippen molar-refractivity contribution in [3.8, 4) is 0 Å². The summed E-state index contributed by atoms with van der Waals surface area (Å²) in [4.78, 5) is 19.6. The Balaban J connectivity index is 2.63. The van der Waals surface area contributed by atoms with Gasteiger partial charge in [0.05, 0.1) is 0 Å². The summed E-state index contributed by atoms with van der Waals surface area (Å²) >= 11 is 0. The molecule has 1 atom stereocenters. The molecule has 17 heavy (non-hydrogen) atoms. The first-order chi connectivity index (χ1) is 8.06. The topological polar surface area (TPSA) is 68.0 Å². The van der Waals surface area contributed by atoms with Crippen LogP contribution in [-0.4, -0.2) is 25.6 Å². The van der Waals surface area contributed by atoms with Crippen molar-refractivity contribution in [2.45, 2.75) is 19.4 Å². The van der Waals surface area contributed by atoms with Crippen molar-refractivity contribution >= 4 is 5.97 Å². The number of nitrogens with zero attached hydrogens (tertiary/aromatic N) is 3. The van der Waals surface area contributed by atoms with E-state index in [0.717, 1.165) is 0 Å². The van der Waals surface area contributed by atoms with Crippen LogP contribution in [0.3, 0.4) is 0 Å². The van der Waals surface area contributed by atoms with E-state index < -0.39 is 11.5 Å². The van der Waals surface area contributed by atoms with Gasteiger partial charge >= 0.3 is 5.97 Å². The molecule has 0 amide bonds. The molecule has 2 aromatic heterocycles. The van der Waals surface area contributed by atoms with Crippen LogP contribution >= 0.6 is 0 Å². The molecular formula is C12H13N3O2. The van der Waals surface area contributed by atoms with Crippen molar-refractivity contribution in [1.82, 2.24) is 14.5 Å². The first kappa shape index (κ1) is 11.3. The van der Waals surface area contributed by atoms with Crippen molar-refractivity contribution in [3.05, 3.63) is 48.3 Å². The number of rotatable bonds is 3. The van der Waals surface area contributed by atoms with E-state index in [1.54, 1.807) is 55.3 Å². The summed E-state index contributed by atoms with van der Waals surface area (Å²) in [7, 11) is 0. The van der Waals surface area contributed by atoms with Gasteiger partial charge in [-0.1, -0.05) is 0 Å². The number of carboxylic acids is 1. The molecule has 0 fully saturated rings. The standard InChI is InChI=1S/C12H13N3O2/c1-9-14-7-8-15(9)12(2,11(16)17)10-3-5-13-6-4-10/h3-8H,1-2H3,(H,16,17). The van der Waals surface area contributed by atoms with E-state index in [4.69, 9.17) is 0 Å². The van der Waals surface area contributed by atoms with Gasteiger partial charge in [0.2, 0.25) is 0 Å². The summed E-state index contributed by atoms with van der Waals surface area (Å²) in [5.74, 6) is -0.267. The van der Waals surface area contributed by atoms with Crippen molar-refractivity contribution < 1.29 is 9.90 Å². The maximum atomic E-state index is 11.6. The highest BCUT2D eigenvalue weighted by Gasteiger charge is 2.37. The molecule has 0 spiro atoms. The van der Waals surface area contributed by atoms with Gasteiger partial charge in [0, 0.05) is 24.8 Å². The minimum Gasteiger partial charge on any atom is -0.479 e. The van der Waals surface area contributed by atoms with Crippen LogP contribution in [-0.2, 0) is 10.3 Å². The van der Waals surface area contributed by atoms with Crippen LogP contribution in [0.15, 0.2) is 36.9 Å². The Morgan fingerprint density at radius 2 is 2.00 bits per heavy atom. The van der Waals surface area contributed by atoms with Gasteiger partial charge in [0.15, 0.2) is 5.54 Å². The quantitative estimate of drug-likeness (QED) is 0.867. The number of aliphatic carboxylic acids is 1. The molecule has 1 unspecified atom stereocenters. The molecule has 5 heteroatoms. The number of carbonyl (C=O) groups is 1. The average molecular weight is 231 g/mol. The van der Waals surface area contributed by atoms with Gasteiger partial charge < -0.3 is 9.67 Å². The zero-order valence-corrected chi connectivity index (χ0v) is 9.66. The number of aryl methyl sites for hydroxylation is 1. The van der Waals surface area contributed by atoms with E-state index >= 15 is 0 Å². The molecule has 0 bridgehead atoms. The van der Waals surface area contributed by atoms with Gasteiger partial charge in [-0.3, -0.25) is 4.98 Å². The summed E-state index contributed by atoms with van der Waals surface area (Å²) in [6.45, 7) is 3.43. The number of carboxylic acid groups (broad SMARTS) is 1. The third-order valence-electron chi connectivity index (χ3n) is 2.97. The first-order valence-corrected chi connectivity index (χ1v) is 5.21. The molecule has 0 radical (unpaired) electrons. The Bertz CT molecular complexity index is 536. The minimum atomic E-state index is -1.16. The van der Waals surface area contributed by atoms with E-state index in [0.29, 0.717) is 11.4 Å². The number of hydrogen-bond acceptors (Lipinski definition) is 3. The first-order valence-electron chi connectivity index (χ1n) is 5.21. The fraction of sp³-hybridized carbons (Fsp3) is 0.250. The normalized spacial score (nSPS) is 14.2. The second kappa shape index (κ2) is 4.01. The lowest BCUT2D eigenvalue weighted by Gasteiger charge is -2.28. The molecule has 0 aromatic carbocycles. The minimum absolute atomic E-state index is 0.659. The molecular weight excluding hydrogens is 218 g/mol. The Labute approximate surface area is 98.8 Å². The van der Waals surface area contributed by atoms with Crippen LogP contribution in [0, 0.1) is 6.92 Å². The summed E-state index contributed by atoms with van der Waals surface area (Å²) < 4.78 is 1.64. The molecule has 0 saturated heterocycles. The second-order valence-electron chi connectivity index (χ2n) is 3.96. The second-order valence-corrected chi connectivity index (χ2v) is 3.96. The monoisotopic (exact) mass is 231 g/mol. The van der Waals surface area contributed by atoms with Crippen LogP contribution in [0.5, 0.6) is 0 Å². The maximum absolute atomic E-state index is 11.6. The third-order valence-corrected chi connectivity index (χ3v) is 2.97. The van der Waals surface area contributed by atoms with E-state index in [9.17, 15) is 9.90 Å². The summed E-state index contributed by atoms with van der Waals surface area (Å²) in [6, 6.07) is 3.40. The Kier molecular flexibility index (Phi) is 2.67. The van der Waals surface area contributed by atoms with Crippen molar-refractivity contribution in [1.29, 1.82) is 0 Å². The molecule has 2 rings (SSSR count). The lowest BCUT2D eigenvalue weighted by atomic mass is 9.92. The fourth-order valence-electron chi connectivity index (χ4n) is 1.89. The lowest BCUT2D eigenvalue weighted by Crippen LogP contribution is -2.40. The zero-order chi connectivity index (χ0) is 12.5. The molecule has 0 aliphatic carbocycles. The summed E-state index contributed by atoms with van der Waals surface area (Å²) in [5, 5.41) is 9.51. The highest BCUT2D eigenvalue weighted by atomic mass is 16.4. The third kappa shape index (κ3) is 1.69. The van der Waals surface area contributed by atoms with Crippen LogP contribution in [0.1, 0.15) is 18.3 Å². The number of hydrogen-bond donors (Lipinski definition) is 1. The molecule has 0 aliphatic rings. The molecule has 5 nitrogen and oxygen atoms in total. The van der Waals surface area contributed by atoms with Gasteiger partial charge in [0.1, 0.15) is 5.82 Å². The lowest BCUT2D eigenvalue weighted by molar-refractivity contribution is -0.144. The number of pyridine rings is 1. The van der Waals surface area contributed by atoms with Crippen LogP contribution in [0.2, 0.25) is 0 Å². The van der Waals surface area contributed by atoms with Crippen LogP contribution < -0.4 is 0 Å². The molecule has 2 aromatic rings. The Morgan fingerprint density at radius 3 is 2.47 bits per heavy atom. The van der Waals surface area contributed by atoms with Crippen molar-refractivity contribution in [2.24, 2.45) is 0 Å². The fourth-order valence-corrected chi connectivity index (χ4v) is 1.89. The van der Waals surface area contributed by atoms with Gasteiger partial charge in [-0.15, -0.1) is 0 Å². The smallest absolute Gasteiger partial charge is 0.334 e. The van der Waals surface area contributed by atoms with Gasteiger partial charge in [-0.25, -0.2) is 9.78 Å². The predicted molar refractivity (Wildman–Crippen MR) is 61.6 cm³/mol. The van der Waals surface area contributed by atoms with Crippen LogP contribution in [0.25, 0.3) is 0 Å². The average Bonchev–Trinajstić information content (AvgIpc) is 2.76. The van der Waals surface area contributed by atoms with Gasteiger partial charge in [-0.2, -0.15) is 0 Å². The zero-order valence-electron chi connectivity index (χ0n) is 9.66. The molecule has 0 saturated carbocycles. The van der Waals surface area contributed by atoms with Crippen molar-refractivity contribution in [3.63, 3.8) is 0 Å². The SMILES string of the molecule is Cc1nccn1C(C)(C(=O)O)c1ccncc1. The summed E-state index contributed by atoms with van der Waals surface area (Å²) in [6.07, 6.45) is 6.44. The number of aromatic nitrogens is 3. The summed E-state index contributed by atoms with van der Waals surface area (Å²) in [5.41, 5.74) is -0.495. The van der Waals surface area contributed by atoms with Gasteiger partial charge in [-0.05, 0) is 31.5 Å². The highest BCUT2D eigenvalue weighted by Crippen LogP contribution is 2.27. The Hall–Kier alpha value is -2.17. The van der Waals surface area contributed by atoms with Crippen molar-refractivity contribution in [2.75, 3.05) is 0 Å². The van der Waals surface area contributed by atoms with E-state index in [1.165, 1.54) is 0 Å². The Morgan fingerprint density at radius 1 is 1.35 bits per heavy atom. The van der Waals surface area contributed by atoms with Crippen LogP contribution in [0.4, 0.5) is 0 Å². The number of imidazole rings is 1. The molecule has 1 N–H and O–H groups in total. The van der Waals surface area contributed by atoms with Gasteiger partial charge in [0.25, 0.3) is 0 Å². The van der Waals surface area contributed by atoms with E-state index in [2.05, 4.69) is 9.97 Å². The van der Waals surface area contributed by atoms with E-state index in [-0.39, 0.29) is 0 Å².